The van der Waals surface area contributed by atoms with Gasteiger partial charge in [0, 0.05) is 0 Å². The van der Waals surface area contributed by atoms with Crippen LogP contribution in [-0.2, 0) is 33.6 Å². The lowest BCUT2D eigenvalue weighted by atomic mass is 10.4. The predicted octanol–water partition coefficient (Wildman–Crippen LogP) is -0.0391. The van der Waals surface area contributed by atoms with Crippen LogP contribution in [0.3, 0.4) is 0 Å². The second-order valence-electron chi connectivity index (χ2n) is 2.15. The van der Waals surface area contributed by atoms with Crippen molar-refractivity contribution in [2.24, 2.45) is 0 Å². The number of hydrogen-bond acceptors (Lipinski definition) is 8. The van der Waals surface area contributed by atoms with Gasteiger partial charge in [0.2, 0.25) is 0 Å². The smallest absolute Gasteiger partial charge is 0.344 e. The van der Waals surface area contributed by atoms with E-state index in [0.717, 1.165) is 0 Å². The third-order valence-electron chi connectivity index (χ3n) is 0.923. The second kappa shape index (κ2) is 7.05. The van der Waals surface area contributed by atoms with Crippen LogP contribution in [-0.4, -0.2) is 28.0 Å². The highest BCUT2D eigenvalue weighted by molar-refractivity contribution is 7.83. The van der Waals surface area contributed by atoms with Crippen LogP contribution in [0.25, 0.3) is 0 Å². The highest BCUT2D eigenvalue weighted by Gasteiger charge is 2.18. The van der Waals surface area contributed by atoms with Crippen molar-refractivity contribution in [3.05, 3.63) is 0 Å². The molecule has 0 saturated heterocycles. The van der Waals surface area contributed by atoms with Crippen molar-refractivity contribution in [2.45, 2.75) is 19.8 Å². The summed E-state index contributed by atoms with van der Waals surface area (Å²) in [6.07, 6.45) is 1.14. The second-order valence-corrected chi connectivity index (χ2v) is 4.33. The van der Waals surface area contributed by atoms with E-state index in [1.807, 2.05) is 0 Å². The first kappa shape index (κ1) is 17.1. The van der Waals surface area contributed by atoms with Crippen molar-refractivity contribution >= 4 is 20.8 Å². The van der Waals surface area contributed by atoms with Crippen LogP contribution < -0.4 is 6.15 Å². The number of rotatable bonds is 7. The molecule has 15 heavy (non-hydrogen) atoms. The van der Waals surface area contributed by atoms with Gasteiger partial charge in [0.25, 0.3) is 0 Å². The topological polar surface area (TPSA) is 151 Å². The van der Waals surface area contributed by atoms with E-state index in [2.05, 4.69) is 12.9 Å². The van der Waals surface area contributed by atoms with Crippen molar-refractivity contribution in [1.82, 2.24) is 6.15 Å². The average Bonchev–Trinajstić information content (AvgIpc) is 2.00. The zero-order chi connectivity index (χ0) is 11.2. The molecule has 0 aliphatic rings. The van der Waals surface area contributed by atoms with Gasteiger partial charge in [0.15, 0.2) is 0 Å². The normalized spacial score (nSPS) is 12.1. The molecule has 0 radical (unpaired) electrons. The van der Waals surface area contributed by atoms with Gasteiger partial charge in [-0.15, -0.1) is 0 Å². The number of hydrogen-bond donors (Lipinski definition) is 2. The van der Waals surface area contributed by atoms with Crippen molar-refractivity contribution in [3.8, 4) is 0 Å². The Morgan fingerprint density at radius 1 is 1.13 bits per heavy atom. The van der Waals surface area contributed by atoms with Gasteiger partial charge in [-0.1, -0.05) is 22.0 Å². The maximum Gasteiger partial charge on any atom is 0.427 e. The highest BCUT2D eigenvalue weighted by atomic mass is 32.3. The van der Waals surface area contributed by atoms with E-state index >= 15 is 0 Å². The van der Waals surface area contributed by atoms with Crippen LogP contribution >= 0.6 is 0 Å². The monoisotopic (exact) mass is 267 g/mol. The molecule has 0 unspecified atom stereocenters. The molecule has 0 aromatic carbocycles. The van der Waals surface area contributed by atoms with E-state index in [0.29, 0.717) is 12.8 Å². The highest BCUT2D eigenvalue weighted by Crippen LogP contribution is 2.01. The summed E-state index contributed by atoms with van der Waals surface area (Å²) in [6.45, 7) is 1.64. The number of unbranched alkanes of at least 4 members (excludes halogenated alkanes) is 1. The van der Waals surface area contributed by atoms with Crippen LogP contribution in [0.1, 0.15) is 19.8 Å². The lowest BCUT2D eigenvalue weighted by molar-refractivity contribution is -0.108. The van der Waals surface area contributed by atoms with E-state index in [1.165, 1.54) is 0 Å². The summed E-state index contributed by atoms with van der Waals surface area (Å²) in [5.74, 6) is 0. The maximum absolute atomic E-state index is 10.6. The Kier molecular flexibility index (Phi) is 8.04. The largest absolute Gasteiger partial charge is 0.427 e. The summed E-state index contributed by atoms with van der Waals surface area (Å²) in [5.41, 5.74) is 0. The molecule has 0 bridgehead atoms. The first-order valence-electron chi connectivity index (χ1n) is 3.51. The molecule has 0 amide bonds. The zero-order valence-corrected chi connectivity index (χ0v) is 9.58. The minimum Gasteiger partial charge on any atom is -0.344 e. The minimum absolute atomic E-state index is 0. The first-order chi connectivity index (χ1) is 6.27. The minimum atomic E-state index is -4.97. The molecule has 0 aliphatic heterocycles. The average molecular weight is 267 g/mol. The molecule has 0 saturated carbocycles. The molecule has 0 aliphatic carbocycles. The molecule has 94 valence electrons. The molecule has 11 heteroatoms. The quantitative estimate of drug-likeness (QED) is 0.280. The zero-order valence-electron chi connectivity index (χ0n) is 7.95. The molecule has 0 heterocycles. The SMILES string of the molecule is CCCCOS(=O)(=O)OOS(=O)(=O)O.N. The Morgan fingerprint density at radius 2 is 1.67 bits per heavy atom. The van der Waals surface area contributed by atoms with Crippen LogP contribution in [0, 0.1) is 0 Å². The van der Waals surface area contributed by atoms with Gasteiger partial charge >= 0.3 is 20.8 Å². The van der Waals surface area contributed by atoms with Crippen LogP contribution in [0.2, 0.25) is 0 Å². The molecule has 0 atom stereocenters. The molecule has 9 nitrogen and oxygen atoms in total. The van der Waals surface area contributed by atoms with Gasteiger partial charge in [-0.05, 0) is 6.42 Å². The fraction of sp³-hybridized carbons (Fsp3) is 1.00. The Hall–Kier alpha value is -0.300. The fourth-order valence-electron chi connectivity index (χ4n) is 0.394. The lowest BCUT2D eigenvalue weighted by Crippen LogP contribution is -2.14. The maximum atomic E-state index is 10.6. The molecular formula is C4H13NO8S2. The Labute approximate surface area is 88.1 Å². The molecule has 0 rings (SSSR count). The fourth-order valence-corrected chi connectivity index (χ4v) is 1.31. The molecule has 0 spiro atoms. The van der Waals surface area contributed by atoms with Crippen molar-refractivity contribution < 1.29 is 34.2 Å². The summed E-state index contributed by atoms with van der Waals surface area (Å²) in [5, 5.41) is 0. The van der Waals surface area contributed by atoms with E-state index in [4.69, 9.17) is 4.55 Å². The van der Waals surface area contributed by atoms with Gasteiger partial charge in [-0.2, -0.15) is 16.8 Å². The van der Waals surface area contributed by atoms with Gasteiger partial charge in [0.1, 0.15) is 0 Å². The summed E-state index contributed by atoms with van der Waals surface area (Å²) in [4.78, 5) is 0. The third kappa shape index (κ3) is 11.6. The Balaban J connectivity index is 0. The van der Waals surface area contributed by atoms with Crippen LogP contribution in [0.5, 0.6) is 0 Å². The van der Waals surface area contributed by atoms with Gasteiger partial charge < -0.3 is 6.15 Å². The van der Waals surface area contributed by atoms with Crippen molar-refractivity contribution in [2.75, 3.05) is 6.61 Å². The van der Waals surface area contributed by atoms with Crippen molar-refractivity contribution in [3.63, 3.8) is 0 Å². The Bertz CT molecular complexity index is 345. The van der Waals surface area contributed by atoms with Crippen molar-refractivity contribution in [1.29, 1.82) is 0 Å². The van der Waals surface area contributed by atoms with E-state index in [-0.39, 0.29) is 12.8 Å². The van der Waals surface area contributed by atoms with E-state index < -0.39 is 20.8 Å². The van der Waals surface area contributed by atoms with E-state index in [1.54, 1.807) is 6.92 Å². The Morgan fingerprint density at radius 3 is 2.07 bits per heavy atom. The predicted molar refractivity (Wildman–Crippen MR) is 48.5 cm³/mol. The summed E-state index contributed by atoms with van der Waals surface area (Å²) in [7, 11) is -9.52. The first-order valence-corrected chi connectivity index (χ1v) is 6.21. The molecular weight excluding hydrogens is 254 g/mol. The summed E-state index contributed by atoms with van der Waals surface area (Å²) >= 11 is 0. The van der Waals surface area contributed by atoms with Crippen LogP contribution in [0.4, 0.5) is 0 Å². The van der Waals surface area contributed by atoms with E-state index in [9.17, 15) is 16.8 Å². The van der Waals surface area contributed by atoms with Gasteiger partial charge in [0.05, 0.1) is 6.61 Å². The molecule has 0 fully saturated rings. The van der Waals surface area contributed by atoms with Gasteiger partial charge in [-0.25, -0.2) is 4.18 Å². The van der Waals surface area contributed by atoms with Crippen LogP contribution in [0.15, 0.2) is 0 Å². The molecule has 0 aromatic rings. The standard InChI is InChI=1S/C4H10O8S2.H3N/c1-2-3-4-10-14(8,9)12-11-13(5,6)7;/h2-4H2,1H3,(H,5,6,7);1H3. The molecule has 4 N–H and O–H groups in total. The summed E-state index contributed by atoms with van der Waals surface area (Å²) < 4.78 is 59.6. The lowest BCUT2D eigenvalue weighted by Gasteiger charge is -2.01. The van der Waals surface area contributed by atoms with Gasteiger partial charge in [-0.3, -0.25) is 4.55 Å². The molecule has 0 aromatic heterocycles. The summed E-state index contributed by atoms with van der Waals surface area (Å²) in [6, 6.07) is 0. The third-order valence-corrected chi connectivity index (χ3v) is 1.94.